The van der Waals surface area contributed by atoms with E-state index in [4.69, 9.17) is 0 Å². The number of aryl methyl sites for hydroxylation is 1. The highest BCUT2D eigenvalue weighted by atomic mass is 79.9. The second-order valence-corrected chi connectivity index (χ2v) is 7.90. The Kier molecular flexibility index (Phi) is 4.24. The third-order valence-electron chi connectivity index (χ3n) is 4.02. The van der Waals surface area contributed by atoms with Gasteiger partial charge >= 0.3 is 0 Å². The van der Waals surface area contributed by atoms with E-state index in [0.29, 0.717) is 6.04 Å². The van der Waals surface area contributed by atoms with Crippen LogP contribution in [-0.2, 0) is 11.2 Å². The molecule has 3 nitrogen and oxygen atoms in total. The van der Waals surface area contributed by atoms with Gasteiger partial charge in [0.1, 0.15) is 0 Å². The maximum Gasteiger partial charge on any atom is 0.237 e. The van der Waals surface area contributed by atoms with Crippen LogP contribution in [0.25, 0.3) is 0 Å². The summed E-state index contributed by atoms with van der Waals surface area (Å²) in [7, 11) is 0. The van der Waals surface area contributed by atoms with Gasteiger partial charge in [-0.3, -0.25) is 10.1 Å². The SMILES string of the molecule is O=C1NCCCCC1NC1CCCc2sc(Br)cc21. The lowest BCUT2D eigenvalue weighted by molar-refractivity contribution is -0.123. The summed E-state index contributed by atoms with van der Waals surface area (Å²) < 4.78 is 1.21. The molecular weight excluding hydrogens is 324 g/mol. The van der Waals surface area contributed by atoms with Crippen molar-refractivity contribution in [3.05, 3.63) is 20.3 Å². The van der Waals surface area contributed by atoms with E-state index in [1.165, 1.54) is 27.1 Å². The zero-order chi connectivity index (χ0) is 13.2. The van der Waals surface area contributed by atoms with Gasteiger partial charge < -0.3 is 5.32 Å². The van der Waals surface area contributed by atoms with Gasteiger partial charge in [-0.05, 0) is 66.1 Å². The minimum atomic E-state index is -0.0166. The minimum Gasteiger partial charge on any atom is -0.355 e. The third-order valence-corrected chi connectivity index (χ3v) is 5.73. The summed E-state index contributed by atoms with van der Waals surface area (Å²) in [6, 6.07) is 2.56. The van der Waals surface area contributed by atoms with Crippen molar-refractivity contribution in [1.29, 1.82) is 0 Å². The van der Waals surface area contributed by atoms with Crippen molar-refractivity contribution >= 4 is 33.2 Å². The Labute approximate surface area is 126 Å². The second-order valence-electron chi connectivity index (χ2n) is 5.38. The van der Waals surface area contributed by atoms with Gasteiger partial charge in [0.15, 0.2) is 0 Å². The summed E-state index contributed by atoms with van der Waals surface area (Å²) in [5.41, 5.74) is 1.40. The molecule has 1 fully saturated rings. The van der Waals surface area contributed by atoms with Crippen LogP contribution in [0, 0.1) is 0 Å². The second kappa shape index (κ2) is 5.94. The quantitative estimate of drug-likeness (QED) is 0.866. The maximum absolute atomic E-state index is 12.0. The number of amides is 1. The molecule has 104 valence electrons. The lowest BCUT2D eigenvalue weighted by Crippen LogP contribution is -2.44. The van der Waals surface area contributed by atoms with Crippen LogP contribution in [-0.4, -0.2) is 18.5 Å². The molecule has 1 saturated heterocycles. The molecule has 19 heavy (non-hydrogen) atoms. The normalized spacial score (nSPS) is 27.5. The predicted molar refractivity (Wildman–Crippen MR) is 81.5 cm³/mol. The van der Waals surface area contributed by atoms with E-state index in [0.717, 1.165) is 32.2 Å². The first-order valence-corrected chi connectivity index (χ1v) is 8.67. The highest BCUT2D eigenvalue weighted by Crippen LogP contribution is 2.38. The Hall–Kier alpha value is -0.390. The number of carbonyl (C=O) groups is 1. The number of hydrogen-bond donors (Lipinski definition) is 2. The molecule has 1 amide bonds. The fourth-order valence-electron chi connectivity index (χ4n) is 3.04. The molecule has 1 aliphatic carbocycles. The van der Waals surface area contributed by atoms with Gasteiger partial charge in [-0.2, -0.15) is 0 Å². The van der Waals surface area contributed by atoms with E-state index in [1.54, 1.807) is 0 Å². The van der Waals surface area contributed by atoms with Gasteiger partial charge in [0.25, 0.3) is 0 Å². The van der Waals surface area contributed by atoms with E-state index >= 15 is 0 Å². The Morgan fingerprint density at radius 2 is 2.11 bits per heavy atom. The van der Waals surface area contributed by atoms with Crippen molar-refractivity contribution in [2.75, 3.05) is 6.54 Å². The number of fused-ring (bicyclic) bond motifs is 1. The number of thiophene rings is 1. The molecule has 3 rings (SSSR count). The topological polar surface area (TPSA) is 41.1 Å². The smallest absolute Gasteiger partial charge is 0.237 e. The molecule has 5 heteroatoms. The first kappa shape index (κ1) is 13.6. The molecule has 2 unspecified atom stereocenters. The Bertz CT molecular complexity index is 474. The van der Waals surface area contributed by atoms with Gasteiger partial charge in [-0.25, -0.2) is 0 Å². The Morgan fingerprint density at radius 3 is 3.00 bits per heavy atom. The molecule has 1 aliphatic heterocycles. The predicted octanol–water partition coefficient (Wildman–Crippen LogP) is 3.15. The van der Waals surface area contributed by atoms with E-state index in [9.17, 15) is 4.79 Å². The van der Waals surface area contributed by atoms with Crippen molar-refractivity contribution in [3.63, 3.8) is 0 Å². The largest absolute Gasteiger partial charge is 0.355 e. The van der Waals surface area contributed by atoms with Crippen LogP contribution in [0.3, 0.4) is 0 Å². The molecular formula is C14H19BrN2OS. The minimum absolute atomic E-state index is 0.0166. The highest BCUT2D eigenvalue weighted by molar-refractivity contribution is 9.11. The van der Waals surface area contributed by atoms with Crippen LogP contribution < -0.4 is 10.6 Å². The van der Waals surface area contributed by atoms with Gasteiger partial charge in [0.05, 0.1) is 9.83 Å². The first-order chi connectivity index (χ1) is 9.24. The number of rotatable bonds is 2. The van der Waals surface area contributed by atoms with Crippen molar-refractivity contribution < 1.29 is 4.79 Å². The highest BCUT2D eigenvalue weighted by Gasteiger charge is 2.28. The van der Waals surface area contributed by atoms with Gasteiger partial charge in [0.2, 0.25) is 5.91 Å². The third kappa shape index (κ3) is 3.03. The average molecular weight is 343 g/mol. The zero-order valence-electron chi connectivity index (χ0n) is 10.9. The molecule has 0 saturated carbocycles. The molecule has 2 N–H and O–H groups in total. The van der Waals surface area contributed by atoms with Crippen LogP contribution in [0.15, 0.2) is 9.85 Å². The van der Waals surface area contributed by atoms with Crippen LogP contribution in [0.5, 0.6) is 0 Å². The van der Waals surface area contributed by atoms with Gasteiger partial charge in [-0.15, -0.1) is 11.3 Å². The van der Waals surface area contributed by atoms with Crippen LogP contribution in [0.4, 0.5) is 0 Å². The van der Waals surface area contributed by atoms with Crippen molar-refractivity contribution in [3.8, 4) is 0 Å². The fourth-order valence-corrected chi connectivity index (χ4v) is 4.86. The zero-order valence-corrected chi connectivity index (χ0v) is 13.3. The molecule has 2 heterocycles. The fraction of sp³-hybridized carbons (Fsp3) is 0.643. The van der Waals surface area contributed by atoms with Crippen molar-refractivity contribution in [2.45, 2.75) is 50.6 Å². The number of nitrogens with one attached hydrogen (secondary N) is 2. The first-order valence-electron chi connectivity index (χ1n) is 7.06. The summed E-state index contributed by atoms with van der Waals surface area (Å²) >= 11 is 5.42. The van der Waals surface area contributed by atoms with Crippen molar-refractivity contribution in [2.24, 2.45) is 0 Å². The van der Waals surface area contributed by atoms with E-state index in [1.807, 2.05) is 11.3 Å². The average Bonchev–Trinajstić information content (AvgIpc) is 2.66. The van der Waals surface area contributed by atoms with Crippen LogP contribution in [0.2, 0.25) is 0 Å². The van der Waals surface area contributed by atoms with Gasteiger partial charge in [-0.1, -0.05) is 0 Å². The summed E-state index contributed by atoms with van der Waals surface area (Å²) in [5.74, 6) is 0.180. The molecule has 2 atom stereocenters. The number of halogens is 1. The molecule has 1 aromatic rings. The summed E-state index contributed by atoms with van der Waals surface area (Å²) in [6.45, 7) is 0.830. The Balaban J connectivity index is 1.74. The number of hydrogen-bond acceptors (Lipinski definition) is 3. The van der Waals surface area contributed by atoms with Crippen LogP contribution >= 0.6 is 27.3 Å². The standard InChI is InChI=1S/C14H19BrN2OS/c15-13-8-9-10(5-3-6-12(9)19-13)17-11-4-1-2-7-16-14(11)18/h8,10-11,17H,1-7H2,(H,16,18). The lowest BCUT2D eigenvalue weighted by Gasteiger charge is -2.27. The molecule has 0 aromatic carbocycles. The Morgan fingerprint density at radius 1 is 1.26 bits per heavy atom. The van der Waals surface area contributed by atoms with E-state index in [-0.39, 0.29) is 11.9 Å². The van der Waals surface area contributed by atoms with Gasteiger partial charge in [0, 0.05) is 17.5 Å². The molecule has 0 bridgehead atoms. The molecule has 1 aromatic heterocycles. The summed E-state index contributed by atoms with van der Waals surface area (Å²) in [5, 5.41) is 6.60. The van der Waals surface area contributed by atoms with E-state index < -0.39 is 0 Å². The van der Waals surface area contributed by atoms with Crippen molar-refractivity contribution in [1.82, 2.24) is 10.6 Å². The van der Waals surface area contributed by atoms with Crippen LogP contribution in [0.1, 0.15) is 48.6 Å². The molecule has 0 spiro atoms. The summed E-state index contributed by atoms with van der Waals surface area (Å²) in [4.78, 5) is 13.5. The lowest BCUT2D eigenvalue weighted by atomic mass is 9.93. The summed E-state index contributed by atoms with van der Waals surface area (Å²) in [6.07, 6.45) is 6.72. The molecule has 2 aliphatic rings. The van der Waals surface area contributed by atoms with E-state index in [2.05, 4.69) is 32.6 Å². The maximum atomic E-state index is 12.0. The molecule has 0 radical (unpaired) electrons. The monoisotopic (exact) mass is 342 g/mol. The number of carbonyl (C=O) groups excluding carboxylic acids is 1.